The van der Waals surface area contributed by atoms with Gasteiger partial charge in [0.2, 0.25) is 0 Å². The van der Waals surface area contributed by atoms with E-state index in [4.69, 9.17) is 0 Å². The van der Waals surface area contributed by atoms with Gasteiger partial charge in [0.25, 0.3) is 0 Å². The van der Waals surface area contributed by atoms with Crippen molar-refractivity contribution in [1.82, 2.24) is 0 Å². The molecule has 9 rings (SSSR count). The molecular formula is C38H22S. The van der Waals surface area contributed by atoms with Crippen molar-refractivity contribution in [2.45, 2.75) is 0 Å². The Bertz CT molecular complexity index is 2390. The average molecular weight is 511 g/mol. The predicted molar refractivity (Wildman–Crippen MR) is 171 cm³/mol. The van der Waals surface area contributed by atoms with E-state index in [-0.39, 0.29) is 0 Å². The van der Waals surface area contributed by atoms with E-state index >= 15 is 0 Å². The maximum atomic E-state index is 2.38. The van der Waals surface area contributed by atoms with Gasteiger partial charge in [-0.3, -0.25) is 0 Å². The van der Waals surface area contributed by atoms with Gasteiger partial charge in [-0.25, -0.2) is 0 Å². The first-order valence-electron chi connectivity index (χ1n) is 13.4. The van der Waals surface area contributed by atoms with Gasteiger partial charge in [0, 0.05) is 20.2 Å². The Morgan fingerprint density at radius 2 is 1.00 bits per heavy atom. The van der Waals surface area contributed by atoms with Gasteiger partial charge in [-0.2, -0.15) is 0 Å². The Hall–Kier alpha value is -4.72. The summed E-state index contributed by atoms with van der Waals surface area (Å²) >= 11 is 1.90. The van der Waals surface area contributed by atoms with Gasteiger partial charge in [0.15, 0.2) is 0 Å². The summed E-state index contributed by atoms with van der Waals surface area (Å²) in [5.41, 5.74) is 5.09. The van der Waals surface area contributed by atoms with Crippen LogP contribution in [-0.2, 0) is 0 Å². The molecule has 0 aliphatic carbocycles. The van der Waals surface area contributed by atoms with Crippen LogP contribution in [0.25, 0.3) is 85.5 Å². The first-order chi connectivity index (χ1) is 19.3. The highest BCUT2D eigenvalue weighted by atomic mass is 32.1. The summed E-state index contributed by atoms with van der Waals surface area (Å²) in [6.45, 7) is 0. The number of benzene rings is 8. The van der Waals surface area contributed by atoms with Crippen LogP contribution >= 0.6 is 11.3 Å². The van der Waals surface area contributed by atoms with Crippen molar-refractivity contribution in [2.24, 2.45) is 0 Å². The normalized spacial score (nSPS) is 12.1. The smallest absolute Gasteiger partial charge is 0.0367 e. The van der Waals surface area contributed by atoms with E-state index in [0.717, 1.165) is 0 Å². The molecular weight excluding hydrogens is 488 g/mol. The second-order valence-corrected chi connectivity index (χ2v) is 11.6. The van der Waals surface area contributed by atoms with Crippen LogP contribution in [0, 0.1) is 0 Å². The fourth-order valence-corrected chi connectivity index (χ4v) is 7.72. The van der Waals surface area contributed by atoms with Crippen LogP contribution in [0.3, 0.4) is 0 Å². The molecule has 8 aromatic carbocycles. The highest BCUT2D eigenvalue weighted by Gasteiger charge is 2.13. The van der Waals surface area contributed by atoms with Crippen molar-refractivity contribution in [3.8, 4) is 22.3 Å². The van der Waals surface area contributed by atoms with Crippen LogP contribution in [0.15, 0.2) is 133 Å². The second-order valence-electron chi connectivity index (χ2n) is 10.6. The monoisotopic (exact) mass is 510 g/mol. The summed E-state index contributed by atoms with van der Waals surface area (Å²) in [7, 11) is 0. The summed E-state index contributed by atoms with van der Waals surface area (Å²) in [5.74, 6) is 0. The largest absolute Gasteiger partial charge is 0.135 e. The predicted octanol–water partition coefficient (Wildman–Crippen LogP) is 11.4. The maximum Gasteiger partial charge on any atom is 0.0367 e. The Kier molecular flexibility index (Phi) is 4.30. The van der Waals surface area contributed by atoms with Crippen LogP contribution in [0.4, 0.5) is 0 Å². The molecule has 0 N–H and O–H groups in total. The summed E-state index contributed by atoms with van der Waals surface area (Å²) < 4.78 is 2.74. The van der Waals surface area contributed by atoms with E-state index in [1.165, 1.54) is 85.5 Å². The van der Waals surface area contributed by atoms with Crippen LogP contribution in [0.1, 0.15) is 0 Å². The minimum atomic E-state index is 1.26. The maximum absolute atomic E-state index is 2.38. The number of hydrogen-bond acceptors (Lipinski definition) is 1. The van der Waals surface area contributed by atoms with Crippen LogP contribution in [0.5, 0.6) is 0 Å². The van der Waals surface area contributed by atoms with Crippen molar-refractivity contribution in [3.05, 3.63) is 133 Å². The summed E-state index contributed by atoms with van der Waals surface area (Å²) in [6, 6.07) is 49.6. The van der Waals surface area contributed by atoms with Gasteiger partial charge in [-0.1, -0.05) is 103 Å². The first-order valence-corrected chi connectivity index (χ1v) is 14.2. The Balaban J connectivity index is 1.18. The van der Waals surface area contributed by atoms with Gasteiger partial charge in [0.05, 0.1) is 0 Å². The molecule has 0 aliphatic heterocycles. The molecule has 1 heteroatoms. The fourth-order valence-electron chi connectivity index (χ4n) is 6.51. The molecule has 0 bridgehead atoms. The molecule has 0 unspecified atom stereocenters. The SMILES string of the molecule is c1ccc2c(c1)ccc1c(-c3ccc4cc(-c5cc6ccc7cccc8sc(c5)c6c78)ccc4c3)cccc12. The van der Waals surface area contributed by atoms with Crippen LogP contribution in [-0.4, -0.2) is 0 Å². The van der Waals surface area contributed by atoms with Crippen molar-refractivity contribution < 1.29 is 0 Å². The lowest BCUT2D eigenvalue weighted by atomic mass is 9.92. The lowest BCUT2D eigenvalue weighted by molar-refractivity contribution is 1.67. The molecule has 0 nitrogen and oxygen atoms in total. The van der Waals surface area contributed by atoms with Gasteiger partial charge in [-0.05, 0) is 95.7 Å². The molecule has 1 aromatic heterocycles. The number of thiophene rings is 1. The number of hydrogen-bond donors (Lipinski definition) is 0. The molecule has 0 aliphatic rings. The zero-order chi connectivity index (χ0) is 25.5. The first kappa shape index (κ1) is 21.2. The Morgan fingerprint density at radius 3 is 1.95 bits per heavy atom. The fraction of sp³-hybridized carbons (Fsp3) is 0. The second kappa shape index (κ2) is 7.89. The molecule has 0 amide bonds. The molecule has 0 saturated heterocycles. The molecule has 0 spiro atoms. The third-order valence-corrected chi connectivity index (χ3v) is 9.48. The Labute approximate surface area is 229 Å². The number of rotatable bonds is 2. The molecule has 0 radical (unpaired) electrons. The third-order valence-electron chi connectivity index (χ3n) is 8.37. The molecule has 39 heavy (non-hydrogen) atoms. The standard InChI is InChI=1S/C38H22S/c1-2-7-31-23(5-1)17-18-34-32(8-4-9-33(31)34)28-15-14-25-19-27(13-12-26(25)20-28)30-21-29-16-11-24-6-3-10-35-37(24)38(29)36(22-30)39-35/h1-22H. The van der Waals surface area contributed by atoms with Gasteiger partial charge in [-0.15, -0.1) is 11.3 Å². The van der Waals surface area contributed by atoms with Crippen molar-refractivity contribution in [1.29, 1.82) is 0 Å². The van der Waals surface area contributed by atoms with E-state index < -0.39 is 0 Å². The minimum Gasteiger partial charge on any atom is -0.135 e. The van der Waals surface area contributed by atoms with E-state index in [1.54, 1.807) is 0 Å². The summed E-state index contributed by atoms with van der Waals surface area (Å²) in [5, 5.41) is 13.2. The summed E-state index contributed by atoms with van der Waals surface area (Å²) in [4.78, 5) is 0. The van der Waals surface area contributed by atoms with Gasteiger partial charge < -0.3 is 0 Å². The van der Waals surface area contributed by atoms with Crippen LogP contribution < -0.4 is 0 Å². The van der Waals surface area contributed by atoms with Crippen molar-refractivity contribution in [3.63, 3.8) is 0 Å². The zero-order valence-corrected chi connectivity index (χ0v) is 21.9. The average Bonchev–Trinajstić information content (AvgIpc) is 3.38. The quantitative estimate of drug-likeness (QED) is 0.203. The zero-order valence-electron chi connectivity index (χ0n) is 21.1. The van der Waals surface area contributed by atoms with E-state index in [0.29, 0.717) is 0 Å². The van der Waals surface area contributed by atoms with Crippen molar-refractivity contribution >= 4 is 74.6 Å². The van der Waals surface area contributed by atoms with Crippen LogP contribution in [0.2, 0.25) is 0 Å². The minimum absolute atomic E-state index is 1.26. The highest BCUT2D eigenvalue weighted by molar-refractivity contribution is 7.26. The number of fused-ring (bicyclic) bond motifs is 4. The van der Waals surface area contributed by atoms with E-state index in [9.17, 15) is 0 Å². The molecule has 180 valence electrons. The molecule has 0 saturated carbocycles. The van der Waals surface area contributed by atoms with Gasteiger partial charge >= 0.3 is 0 Å². The third kappa shape index (κ3) is 3.11. The molecule has 9 aromatic rings. The lowest BCUT2D eigenvalue weighted by Gasteiger charge is -2.11. The van der Waals surface area contributed by atoms with E-state index in [1.807, 2.05) is 11.3 Å². The van der Waals surface area contributed by atoms with Crippen molar-refractivity contribution in [2.75, 3.05) is 0 Å². The summed E-state index contributed by atoms with van der Waals surface area (Å²) in [6.07, 6.45) is 0. The van der Waals surface area contributed by atoms with E-state index in [2.05, 4.69) is 133 Å². The molecule has 0 fully saturated rings. The Morgan fingerprint density at radius 1 is 0.333 bits per heavy atom. The topological polar surface area (TPSA) is 0 Å². The molecule has 1 heterocycles. The lowest BCUT2D eigenvalue weighted by Crippen LogP contribution is -1.85. The van der Waals surface area contributed by atoms with Gasteiger partial charge in [0.1, 0.15) is 0 Å². The highest BCUT2D eigenvalue weighted by Crippen LogP contribution is 2.43. The molecule has 0 atom stereocenters.